The minimum atomic E-state index is -0.896. The Labute approximate surface area is 187 Å². The Bertz CT molecular complexity index is 978. The molecule has 2 bridgehead atoms. The van der Waals surface area contributed by atoms with Crippen LogP contribution in [0.2, 0.25) is 0 Å². The van der Waals surface area contributed by atoms with Gasteiger partial charge in [-0.15, -0.1) is 0 Å². The van der Waals surface area contributed by atoms with Gasteiger partial charge >= 0.3 is 5.97 Å². The van der Waals surface area contributed by atoms with Crippen molar-refractivity contribution in [1.29, 1.82) is 0 Å². The van der Waals surface area contributed by atoms with Crippen LogP contribution in [-0.2, 0) is 19.1 Å². The maximum absolute atomic E-state index is 13.2. The van der Waals surface area contributed by atoms with Gasteiger partial charge in [-0.1, -0.05) is 26.0 Å². The first kappa shape index (κ1) is 20.9. The molecule has 6 rings (SSSR count). The number of carbonyl (C=O) groups excluding carboxylic acids is 4. The Morgan fingerprint density at radius 3 is 2.09 bits per heavy atom. The minimum absolute atomic E-state index is 0.134. The molecule has 1 aromatic rings. The molecular weight excluding hydrogens is 408 g/mol. The van der Waals surface area contributed by atoms with Crippen LogP contribution in [0, 0.1) is 41.4 Å². The molecule has 0 radical (unpaired) electrons. The zero-order valence-corrected chi connectivity index (χ0v) is 18.5. The number of amides is 3. The van der Waals surface area contributed by atoms with E-state index < -0.39 is 17.9 Å². The topological polar surface area (TPSA) is 92.8 Å². The fourth-order valence-electron chi connectivity index (χ4n) is 5.74. The van der Waals surface area contributed by atoms with E-state index in [0.717, 1.165) is 6.42 Å². The molecule has 2 saturated carbocycles. The number of hydrogen-bond donors (Lipinski definition) is 1. The standard InChI is InChI=1S/C25H28N2O5/c1-12(2)11-32-25(31)14-4-6-15(7-5-14)26-22(28)13(3)27-23(29)20-16-8-9-17(19-10-18(16)19)21(20)24(27)30/h4-9,12-13,16-21H,10-11H2,1-3H3,(H,26,28)/t13-,16+,17+,18+,19+,20-,21-/m0/s1. The highest BCUT2D eigenvalue weighted by Crippen LogP contribution is 2.65. The van der Waals surface area contributed by atoms with E-state index in [0.29, 0.717) is 29.7 Å². The van der Waals surface area contributed by atoms with Gasteiger partial charge in [-0.2, -0.15) is 0 Å². The van der Waals surface area contributed by atoms with Crippen molar-refractivity contribution in [1.82, 2.24) is 4.90 Å². The molecule has 0 spiro atoms. The van der Waals surface area contributed by atoms with Crippen molar-refractivity contribution in [2.45, 2.75) is 33.2 Å². The van der Waals surface area contributed by atoms with Crippen LogP contribution in [0.15, 0.2) is 36.4 Å². The van der Waals surface area contributed by atoms with Crippen LogP contribution in [-0.4, -0.2) is 41.2 Å². The first-order chi connectivity index (χ1) is 15.3. The number of allylic oxidation sites excluding steroid dienone is 2. The molecule has 3 fully saturated rings. The molecule has 5 aliphatic rings. The third-order valence-corrected chi connectivity index (χ3v) is 7.40. The monoisotopic (exact) mass is 436 g/mol. The zero-order chi connectivity index (χ0) is 22.7. The third-order valence-electron chi connectivity index (χ3n) is 7.40. The Balaban J connectivity index is 1.24. The second-order valence-electron chi connectivity index (χ2n) is 9.94. The van der Waals surface area contributed by atoms with Gasteiger partial charge in [0.25, 0.3) is 0 Å². The van der Waals surface area contributed by atoms with Gasteiger partial charge in [-0.3, -0.25) is 19.3 Å². The number of nitrogens with zero attached hydrogens (tertiary/aromatic N) is 1. The van der Waals surface area contributed by atoms with Crippen molar-refractivity contribution in [3.8, 4) is 0 Å². The molecule has 7 nitrogen and oxygen atoms in total. The number of nitrogens with one attached hydrogen (secondary N) is 1. The maximum Gasteiger partial charge on any atom is 0.338 e. The summed E-state index contributed by atoms with van der Waals surface area (Å²) in [5.41, 5.74) is 0.883. The summed E-state index contributed by atoms with van der Waals surface area (Å²) in [6, 6.07) is 5.49. The molecule has 1 saturated heterocycles. The summed E-state index contributed by atoms with van der Waals surface area (Å²) < 4.78 is 5.21. The van der Waals surface area contributed by atoms with Gasteiger partial charge in [0, 0.05) is 5.69 Å². The molecule has 1 N–H and O–H groups in total. The summed E-state index contributed by atoms with van der Waals surface area (Å²) >= 11 is 0. The number of benzene rings is 1. The van der Waals surface area contributed by atoms with Crippen molar-refractivity contribution in [3.05, 3.63) is 42.0 Å². The molecule has 0 aromatic heterocycles. The average Bonchev–Trinajstić information content (AvgIpc) is 3.55. The van der Waals surface area contributed by atoms with Crippen molar-refractivity contribution < 1.29 is 23.9 Å². The molecule has 1 aromatic carbocycles. The molecule has 168 valence electrons. The van der Waals surface area contributed by atoms with Crippen LogP contribution in [0.4, 0.5) is 5.69 Å². The van der Waals surface area contributed by atoms with Gasteiger partial charge in [-0.05, 0) is 67.2 Å². The Hall–Kier alpha value is -2.96. The molecule has 0 unspecified atom stereocenters. The van der Waals surface area contributed by atoms with Gasteiger partial charge in [-0.25, -0.2) is 4.79 Å². The molecule has 7 atom stereocenters. The minimum Gasteiger partial charge on any atom is -0.462 e. The van der Waals surface area contributed by atoms with E-state index in [2.05, 4.69) is 17.5 Å². The number of carbonyl (C=O) groups is 4. The summed E-state index contributed by atoms with van der Waals surface area (Å²) in [5.74, 6) is -0.324. The molecule has 7 heteroatoms. The van der Waals surface area contributed by atoms with Crippen LogP contribution in [0.1, 0.15) is 37.6 Å². The van der Waals surface area contributed by atoms with Gasteiger partial charge in [0.05, 0.1) is 24.0 Å². The summed E-state index contributed by atoms with van der Waals surface area (Å²) in [5, 5.41) is 2.76. The lowest BCUT2D eigenvalue weighted by molar-refractivity contribution is -0.146. The van der Waals surface area contributed by atoms with E-state index in [1.165, 1.54) is 4.90 Å². The van der Waals surface area contributed by atoms with Gasteiger partial charge in [0.2, 0.25) is 17.7 Å². The van der Waals surface area contributed by atoms with E-state index in [9.17, 15) is 19.2 Å². The molecule has 32 heavy (non-hydrogen) atoms. The highest BCUT2D eigenvalue weighted by molar-refractivity contribution is 6.10. The van der Waals surface area contributed by atoms with Crippen molar-refractivity contribution in [2.24, 2.45) is 41.4 Å². The van der Waals surface area contributed by atoms with Crippen molar-refractivity contribution in [3.63, 3.8) is 0 Å². The van der Waals surface area contributed by atoms with Gasteiger partial charge < -0.3 is 10.1 Å². The third kappa shape index (κ3) is 3.26. The predicted molar refractivity (Wildman–Crippen MR) is 116 cm³/mol. The lowest BCUT2D eigenvalue weighted by atomic mass is 9.63. The lowest BCUT2D eigenvalue weighted by Gasteiger charge is -2.37. The Morgan fingerprint density at radius 1 is 1.00 bits per heavy atom. The fraction of sp³-hybridized carbons (Fsp3) is 0.520. The summed E-state index contributed by atoms with van der Waals surface area (Å²) in [6.45, 7) is 5.85. The van der Waals surface area contributed by atoms with E-state index in [1.807, 2.05) is 13.8 Å². The number of likely N-dealkylation sites (tertiary alicyclic amines) is 1. The fourth-order valence-corrected chi connectivity index (χ4v) is 5.74. The second-order valence-corrected chi connectivity index (χ2v) is 9.94. The summed E-state index contributed by atoms with van der Waals surface area (Å²) in [6.07, 6.45) is 5.34. The van der Waals surface area contributed by atoms with Crippen LogP contribution < -0.4 is 5.32 Å². The number of esters is 1. The molecule has 1 aliphatic heterocycles. The summed E-state index contributed by atoms with van der Waals surface area (Å²) in [7, 11) is 0. The van der Waals surface area contributed by atoms with Crippen molar-refractivity contribution >= 4 is 29.4 Å². The van der Waals surface area contributed by atoms with Gasteiger partial charge in [0.1, 0.15) is 6.04 Å². The average molecular weight is 437 g/mol. The van der Waals surface area contributed by atoms with Crippen LogP contribution in [0.25, 0.3) is 0 Å². The number of ether oxygens (including phenoxy) is 1. The first-order valence-corrected chi connectivity index (χ1v) is 11.4. The molecule has 4 aliphatic carbocycles. The van der Waals surface area contributed by atoms with Gasteiger partial charge in [0.15, 0.2) is 0 Å². The summed E-state index contributed by atoms with van der Waals surface area (Å²) in [4.78, 5) is 52.5. The zero-order valence-electron chi connectivity index (χ0n) is 18.5. The molecular formula is C25H28N2O5. The molecule has 3 amide bonds. The number of anilines is 1. The first-order valence-electron chi connectivity index (χ1n) is 11.4. The quantitative estimate of drug-likeness (QED) is 0.421. The lowest BCUT2D eigenvalue weighted by Crippen LogP contribution is -2.46. The van der Waals surface area contributed by atoms with Crippen LogP contribution in [0.3, 0.4) is 0 Å². The maximum atomic E-state index is 13.2. The SMILES string of the molecule is CC(C)COC(=O)c1ccc(NC(=O)[C@H](C)N2C(=O)[C@H]3[C@@H]4C=C[C@H]([C@H]5C[C@H]45)[C@@H]3C2=O)cc1. The number of rotatable bonds is 6. The van der Waals surface area contributed by atoms with Crippen molar-refractivity contribution in [2.75, 3.05) is 11.9 Å². The Kier molecular flexibility index (Phi) is 4.95. The number of imide groups is 1. The normalized spacial score (nSPS) is 32.6. The van der Waals surface area contributed by atoms with Crippen LogP contribution in [0.5, 0.6) is 0 Å². The number of hydrogen-bond acceptors (Lipinski definition) is 5. The highest BCUT2D eigenvalue weighted by Gasteiger charge is 2.67. The highest BCUT2D eigenvalue weighted by atomic mass is 16.5. The Morgan fingerprint density at radius 2 is 1.56 bits per heavy atom. The van der Waals surface area contributed by atoms with E-state index in [1.54, 1.807) is 31.2 Å². The van der Waals surface area contributed by atoms with E-state index >= 15 is 0 Å². The smallest absolute Gasteiger partial charge is 0.338 e. The van der Waals surface area contributed by atoms with E-state index in [4.69, 9.17) is 4.74 Å². The second kappa shape index (κ2) is 7.57. The van der Waals surface area contributed by atoms with E-state index in [-0.39, 0.29) is 41.4 Å². The predicted octanol–water partition coefficient (Wildman–Crippen LogP) is 2.88. The van der Waals surface area contributed by atoms with Crippen LogP contribution >= 0.6 is 0 Å². The molecule has 1 heterocycles. The largest absolute Gasteiger partial charge is 0.462 e.